The van der Waals surface area contributed by atoms with Gasteiger partial charge < -0.3 is 10.1 Å². The molecule has 0 aliphatic heterocycles. The van der Waals surface area contributed by atoms with E-state index < -0.39 is 0 Å². The van der Waals surface area contributed by atoms with Crippen LogP contribution in [0, 0.1) is 0 Å². The van der Waals surface area contributed by atoms with Crippen LogP contribution in [-0.4, -0.2) is 29.4 Å². The minimum atomic E-state index is 0.283. The van der Waals surface area contributed by atoms with Gasteiger partial charge in [-0.15, -0.1) is 11.8 Å². The van der Waals surface area contributed by atoms with Crippen LogP contribution in [0.5, 0.6) is 5.75 Å². The molecule has 0 radical (unpaired) electrons. The first-order valence-electron chi connectivity index (χ1n) is 7.12. The van der Waals surface area contributed by atoms with Crippen molar-refractivity contribution >= 4 is 11.8 Å². The molecule has 4 nitrogen and oxygen atoms in total. The molecular weight excluding hydrogens is 282 g/mol. The molecule has 1 aromatic carbocycles. The molecule has 0 aliphatic rings. The first kappa shape index (κ1) is 15.8. The molecule has 0 saturated heterocycles. The number of rotatable bonds is 8. The number of benzene rings is 1. The Morgan fingerprint density at radius 2 is 2.05 bits per heavy atom. The zero-order valence-electron chi connectivity index (χ0n) is 12.5. The van der Waals surface area contributed by atoms with Crippen molar-refractivity contribution in [2.24, 2.45) is 0 Å². The van der Waals surface area contributed by atoms with Crippen molar-refractivity contribution in [1.82, 2.24) is 15.3 Å². The Bertz CT molecular complexity index is 519. The molecule has 0 bridgehead atoms. The summed E-state index contributed by atoms with van der Waals surface area (Å²) < 4.78 is 5.61. The Morgan fingerprint density at radius 1 is 1.24 bits per heavy atom. The average Bonchev–Trinajstić information content (AvgIpc) is 2.55. The molecule has 1 aromatic heterocycles. The monoisotopic (exact) mass is 303 g/mol. The van der Waals surface area contributed by atoms with Crippen molar-refractivity contribution in [2.75, 3.05) is 19.4 Å². The molecule has 0 aliphatic carbocycles. The number of nitrogens with zero attached hydrogens (tertiary/aromatic N) is 2. The average molecular weight is 303 g/mol. The van der Waals surface area contributed by atoms with Gasteiger partial charge in [-0.1, -0.05) is 19.1 Å². The fourth-order valence-corrected chi connectivity index (χ4v) is 2.87. The van der Waals surface area contributed by atoms with Crippen LogP contribution < -0.4 is 10.1 Å². The fraction of sp³-hybridized carbons (Fsp3) is 0.375. The van der Waals surface area contributed by atoms with Crippen molar-refractivity contribution in [3.05, 3.63) is 48.4 Å². The smallest absolute Gasteiger partial charge is 0.119 e. The summed E-state index contributed by atoms with van der Waals surface area (Å²) in [5.41, 5.74) is 1.25. The summed E-state index contributed by atoms with van der Waals surface area (Å²) >= 11 is 1.72. The summed E-state index contributed by atoms with van der Waals surface area (Å²) in [5.74, 6) is 1.85. The molecule has 1 atom stereocenters. The van der Waals surface area contributed by atoms with Crippen LogP contribution in [0.25, 0.3) is 0 Å². The van der Waals surface area contributed by atoms with Gasteiger partial charge in [-0.25, -0.2) is 9.97 Å². The quantitative estimate of drug-likeness (QED) is 0.599. The molecule has 0 spiro atoms. The Kier molecular flexibility index (Phi) is 6.50. The van der Waals surface area contributed by atoms with Gasteiger partial charge in [0.1, 0.15) is 12.1 Å². The Hall–Kier alpha value is -1.59. The molecule has 1 heterocycles. The van der Waals surface area contributed by atoms with Crippen LogP contribution in [0.3, 0.4) is 0 Å². The van der Waals surface area contributed by atoms with Gasteiger partial charge in [0.15, 0.2) is 0 Å². The number of thioether (sulfide) groups is 1. The van der Waals surface area contributed by atoms with E-state index in [1.165, 1.54) is 5.56 Å². The number of aromatic nitrogens is 2. The molecule has 2 rings (SSSR count). The second-order valence-corrected chi connectivity index (χ2v) is 5.66. The van der Waals surface area contributed by atoms with Crippen molar-refractivity contribution in [3.63, 3.8) is 0 Å². The van der Waals surface area contributed by atoms with Crippen LogP contribution in [0.4, 0.5) is 0 Å². The maximum Gasteiger partial charge on any atom is 0.119 e. The summed E-state index contributed by atoms with van der Waals surface area (Å²) in [7, 11) is 1.98. The van der Waals surface area contributed by atoms with E-state index in [0.717, 1.165) is 29.6 Å². The highest BCUT2D eigenvalue weighted by atomic mass is 32.2. The molecule has 21 heavy (non-hydrogen) atoms. The van der Waals surface area contributed by atoms with Crippen molar-refractivity contribution in [2.45, 2.75) is 24.4 Å². The molecule has 2 aromatic rings. The number of hydrogen-bond donors (Lipinski definition) is 1. The standard InChI is InChI=1S/C16H21N3OS/c1-3-10-20-14-6-4-13(5-7-14)15(17-2)11-21-16-8-9-18-12-19-16/h4-9,12,15,17H,3,10-11H2,1-2H3. The normalized spacial score (nSPS) is 12.1. The minimum absolute atomic E-state index is 0.283. The van der Waals surface area contributed by atoms with Gasteiger partial charge in [0.05, 0.1) is 11.6 Å². The van der Waals surface area contributed by atoms with Crippen LogP contribution in [-0.2, 0) is 0 Å². The van der Waals surface area contributed by atoms with Gasteiger partial charge in [0.25, 0.3) is 0 Å². The minimum Gasteiger partial charge on any atom is -0.494 e. The maximum absolute atomic E-state index is 5.61. The zero-order chi connectivity index (χ0) is 14.9. The Balaban J connectivity index is 1.94. The summed E-state index contributed by atoms with van der Waals surface area (Å²) in [6, 6.07) is 10.5. The van der Waals surface area contributed by atoms with Gasteiger partial charge in [-0.3, -0.25) is 0 Å². The van der Waals surface area contributed by atoms with E-state index in [4.69, 9.17) is 4.74 Å². The van der Waals surface area contributed by atoms with E-state index in [2.05, 4.69) is 34.3 Å². The maximum atomic E-state index is 5.61. The van der Waals surface area contributed by atoms with Crippen molar-refractivity contribution < 1.29 is 4.74 Å². The SMILES string of the molecule is CCCOc1ccc(C(CSc2ccncn2)NC)cc1. The van der Waals surface area contributed by atoms with E-state index in [9.17, 15) is 0 Å². The van der Waals surface area contributed by atoms with Gasteiger partial charge >= 0.3 is 0 Å². The number of ether oxygens (including phenoxy) is 1. The van der Waals surface area contributed by atoms with E-state index in [0.29, 0.717) is 0 Å². The lowest BCUT2D eigenvalue weighted by Gasteiger charge is -2.16. The van der Waals surface area contributed by atoms with Crippen LogP contribution in [0.2, 0.25) is 0 Å². The second-order valence-electron chi connectivity index (χ2n) is 4.62. The molecule has 0 saturated carbocycles. The molecule has 5 heteroatoms. The Morgan fingerprint density at radius 3 is 2.67 bits per heavy atom. The predicted octanol–water partition coefficient (Wildman–Crippen LogP) is 3.32. The first-order valence-corrected chi connectivity index (χ1v) is 8.11. The van der Waals surface area contributed by atoms with Gasteiger partial charge in [-0.05, 0) is 37.2 Å². The highest BCUT2D eigenvalue weighted by Crippen LogP contribution is 2.24. The molecule has 112 valence electrons. The lowest BCUT2D eigenvalue weighted by Crippen LogP contribution is -2.18. The van der Waals surface area contributed by atoms with E-state index in [1.54, 1.807) is 24.3 Å². The van der Waals surface area contributed by atoms with Gasteiger partial charge in [0, 0.05) is 18.0 Å². The Labute approximate surface area is 130 Å². The molecule has 0 fully saturated rings. The molecular formula is C16H21N3OS. The third-order valence-electron chi connectivity index (χ3n) is 3.06. The summed E-state index contributed by atoms with van der Waals surface area (Å²) in [5, 5.41) is 4.34. The lowest BCUT2D eigenvalue weighted by atomic mass is 10.1. The topological polar surface area (TPSA) is 47.0 Å². The van der Waals surface area contributed by atoms with Gasteiger partial charge in [-0.2, -0.15) is 0 Å². The highest BCUT2D eigenvalue weighted by Gasteiger charge is 2.10. The summed E-state index contributed by atoms with van der Waals surface area (Å²) in [6.07, 6.45) is 4.37. The second kappa shape index (κ2) is 8.64. The van der Waals surface area contributed by atoms with Crippen LogP contribution in [0.1, 0.15) is 24.9 Å². The van der Waals surface area contributed by atoms with Crippen LogP contribution >= 0.6 is 11.8 Å². The highest BCUT2D eigenvalue weighted by molar-refractivity contribution is 7.99. The third kappa shape index (κ3) is 5.02. The largest absolute Gasteiger partial charge is 0.494 e. The van der Waals surface area contributed by atoms with Crippen molar-refractivity contribution in [3.8, 4) is 5.75 Å². The zero-order valence-corrected chi connectivity index (χ0v) is 13.3. The van der Waals surface area contributed by atoms with Crippen LogP contribution in [0.15, 0.2) is 47.9 Å². The number of nitrogens with one attached hydrogen (secondary N) is 1. The lowest BCUT2D eigenvalue weighted by molar-refractivity contribution is 0.317. The fourth-order valence-electron chi connectivity index (χ4n) is 1.90. The van der Waals surface area contributed by atoms with E-state index in [1.807, 2.05) is 25.2 Å². The van der Waals surface area contributed by atoms with E-state index >= 15 is 0 Å². The molecule has 0 amide bonds. The summed E-state index contributed by atoms with van der Waals surface area (Å²) in [4.78, 5) is 8.16. The first-order chi connectivity index (χ1) is 10.3. The predicted molar refractivity (Wildman–Crippen MR) is 86.8 cm³/mol. The molecule has 1 N–H and O–H groups in total. The van der Waals surface area contributed by atoms with Gasteiger partial charge in [0.2, 0.25) is 0 Å². The molecule has 1 unspecified atom stereocenters. The third-order valence-corrected chi connectivity index (χ3v) is 4.09. The number of hydrogen-bond acceptors (Lipinski definition) is 5. The summed E-state index contributed by atoms with van der Waals surface area (Å²) in [6.45, 7) is 2.87. The van der Waals surface area contributed by atoms with E-state index in [-0.39, 0.29) is 6.04 Å². The van der Waals surface area contributed by atoms with Crippen molar-refractivity contribution in [1.29, 1.82) is 0 Å².